The van der Waals surface area contributed by atoms with Gasteiger partial charge in [-0.3, -0.25) is 9.59 Å². The summed E-state index contributed by atoms with van der Waals surface area (Å²) >= 11 is 3.41. The maximum atomic E-state index is 12.3. The maximum absolute atomic E-state index is 12.3. The molecule has 1 N–H and O–H groups in total. The zero-order chi connectivity index (χ0) is 15.4. The van der Waals surface area contributed by atoms with Gasteiger partial charge in [-0.25, -0.2) is 0 Å². The molecule has 1 aliphatic heterocycles. The molecule has 1 aromatic rings. The lowest BCUT2D eigenvalue weighted by molar-refractivity contribution is -0.133. The second-order valence-corrected chi connectivity index (χ2v) is 6.40. The zero-order valence-corrected chi connectivity index (χ0v) is 14.1. The third kappa shape index (κ3) is 4.06. The quantitative estimate of drug-likeness (QED) is 0.909. The number of amides is 2. The molecule has 0 radical (unpaired) electrons. The van der Waals surface area contributed by atoms with Crippen LogP contribution in [-0.4, -0.2) is 35.8 Å². The summed E-state index contributed by atoms with van der Waals surface area (Å²) in [6.45, 7) is 5.29. The van der Waals surface area contributed by atoms with Gasteiger partial charge in [0.05, 0.1) is 0 Å². The summed E-state index contributed by atoms with van der Waals surface area (Å²) in [4.78, 5) is 26.3. The number of benzene rings is 1. The second kappa shape index (κ2) is 7.07. The molecule has 1 fully saturated rings. The van der Waals surface area contributed by atoms with Crippen molar-refractivity contribution in [3.05, 3.63) is 33.8 Å². The molecular weight excluding hydrogens is 332 g/mol. The smallest absolute Gasteiger partial charge is 0.251 e. The van der Waals surface area contributed by atoms with Gasteiger partial charge in [0.25, 0.3) is 5.91 Å². The van der Waals surface area contributed by atoms with Gasteiger partial charge < -0.3 is 10.2 Å². The highest BCUT2D eigenvalue weighted by Gasteiger charge is 2.23. The molecule has 0 aromatic heterocycles. The van der Waals surface area contributed by atoms with Crippen LogP contribution in [0.4, 0.5) is 0 Å². The number of rotatable bonds is 3. The first-order valence-electron chi connectivity index (χ1n) is 7.35. The van der Waals surface area contributed by atoms with E-state index < -0.39 is 6.04 Å². The van der Waals surface area contributed by atoms with Gasteiger partial charge in [0.1, 0.15) is 6.04 Å². The fraction of sp³-hybridized carbons (Fsp3) is 0.500. The first kappa shape index (κ1) is 16.0. The molecule has 2 amide bonds. The van der Waals surface area contributed by atoms with Crippen LogP contribution in [0.3, 0.4) is 0 Å². The normalized spacial score (nSPS) is 16.4. The Morgan fingerprint density at radius 3 is 2.52 bits per heavy atom. The van der Waals surface area contributed by atoms with Crippen molar-refractivity contribution < 1.29 is 9.59 Å². The average molecular weight is 353 g/mol. The van der Waals surface area contributed by atoms with Gasteiger partial charge in [-0.05, 0) is 56.9 Å². The monoisotopic (exact) mass is 352 g/mol. The highest BCUT2D eigenvalue weighted by molar-refractivity contribution is 9.10. The van der Waals surface area contributed by atoms with Crippen LogP contribution in [0.1, 0.15) is 42.1 Å². The number of hydrogen-bond donors (Lipinski definition) is 1. The lowest BCUT2D eigenvalue weighted by Crippen LogP contribution is -2.48. The summed E-state index contributed by atoms with van der Waals surface area (Å²) in [6.07, 6.45) is 3.29. The molecular formula is C16H21BrN2O2. The van der Waals surface area contributed by atoms with E-state index >= 15 is 0 Å². The summed E-state index contributed by atoms with van der Waals surface area (Å²) in [6, 6.07) is 4.93. The van der Waals surface area contributed by atoms with Gasteiger partial charge >= 0.3 is 0 Å². The average Bonchev–Trinajstić information content (AvgIpc) is 2.50. The topological polar surface area (TPSA) is 49.4 Å². The second-order valence-electron chi connectivity index (χ2n) is 5.55. The van der Waals surface area contributed by atoms with Gasteiger partial charge in [0.15, 0.2) is 0 Å². The van der Waals surface area contributed by atoms with Crippen molar-refractivity contribution in [1.29, 1.82) is 0 Å². The van der Waals surface area contributed by atoms with Crippen molar-refractivity contribution in [1.82, 2.24) is 10.2 Å². The number of aryl methyl sites for hydroxylation is 1. The van der Waals surface area contributed by atoms with Gasteiger partial charge in [-0.2, -0.15) is 0 Å². The minimum absolute atomic E-state index is 0.0110. The molecule has 1 saturated heterocycles. The first-order chi connectivity index (χ1) is 9.99. The van der Waals surface area contributed by atoms with E-state index in [9.17, 15) is 9.59 Å². The Morgan fingerprint density at radius 1 is 1.24 bits per heavy atom. The molecule has 1 aliphatic rings. The van der Waals surface area contributed by atoms with E-state index in [0.717, 1.165) is 36.0 Å². The molecule has 1 atom stereocenters. The van der Waals surface area contributed by atoms with Crippen LogP contribution in [-0.2, 0) is 4.79 Å². The number of carbonyl (C=O) groups excluding carboxylic acids is 2. The SMILES string of the molecule is Cc1cc(C(=O)NC(C)C(=O)N2CCCCC2)ccc1Br. The third-order valence-corrected chi connectivity index (χ3v) is 4.70. The van der Waals surface area contributed by atoms with Gasteiger partial charge in [0.2, 0.25) is 5.91 Å². The molecule has 114 valence electrons. The fourth-order valence-corrected chi connectivity index (χ4v) is 2.76. The molecule has 0 aliphatic carbocycles. The molecule has 5 heteroatoms. The van der Waals surface area contributed by atoms with Gasteiger partial charge in [-0.15, -0.1) is 0 Å². The molecule has 0 bridgehead atoms. The summed E-state index contributed by atoms with van der Waals surface area (Å²) in [7, 11) is 0. The molecule has 2 rings (SSSR count). The van der Waals surface area contributed by atoms with E-state index in [1.807, 2.05) is 24.0 Å². The summed E-state index contributed by atoms with van der Waals surface area (Å²) in [5.41, 5.74) is 1.58. The lowest BCUT2D eigenvalue weighted by Gasteiger charge is -2.29. The Kier molecular flexibility index (Phi) is 5.39. The van der Waals surface area contributed by atoms with E-state index in [-0.39, 0.29) is 11.8 Å². The largest absolute Gasteiger partial charge is 0.341 e. The molecule has 4 nitrogen and oxygen atoms in total. The number of piperidine rings is 1. The highest BCUT2D eigenvalue weighted by atomic mass is 79.9. The van der Waals surface area contributed by atoms with Crippen LogP contribution in [0.2, 0.25) is 0 Å². The van der Waals surface area contributed by atoms with Crippen molar-refractivity contribution in [2.45, 2.75) is 39.2 Å². The number of halogens is 1. The van der Waals surface area contributed by atoms with Crippen molar-refractivity contribution in [2.24, 2.45) is 0 Å². The number of nitrogens with zero attached hydrogens (tertiary/aromatic N) is 1. The predicted molar refractivity (Wildman–Crippen MR) is 86.2 cm³/mol. The van der Waals surface area contributed by atoms with Gasteiger partial charge in [-0.1, -0.05) is 15.9 Å². The number of carbonyl (C=O) groups is 2. The predicted octanol–water partition coefficient (Wildman–Crippen LogP) is 2.89. The minimum Gasteiger partial charge on any atom is -0.341 e. The number of nitrogens with one attached hydrogen (secondary N) is 1. The Balaban J connectivity index is 1.97. The van der Waals surface area contributed by atoms with E-state index in [4.69, 9.17) is 0 Å². The number of likely N-dealkylation sites (tertiary alicyclic amines) is 1. The van der Waals surface area contributed by atoms with Crippen LogP contribution in [0.15, 0.2) is 22.7 Å². The Labute approximate surface area is 134 Å². The Bertz CT molecular complexity index is 539. The van der Waals surface area contributed by atoms with Crippen molar-refractivity contribution >= 4 is 27.7 Å². The summed E-state index contributed by atoms with van der Waals surface area (Å²) in [5, 5.41) is 2.79. The Morgan fingerprint density at radius 2 is 1.90 bits per heavy atom. The standard InChI is InChI=1S/C16H21BrN2O2/c1-11-10-13(6-7-14(11)17)15(20)18-12(2)16(21)19-8-4-3-5-9-19/h6-7,10,12H,3-5,8-9H2,1-2H3,(H,18,20). The van der Waals surface area contributed by atoms with Crippen molar-refractivity contribution in [2.75, 3.05) is 13.1 Å². The molecule has 0 spiro atoms. The van der Waals surface area contributed by atoms with Crippen molar-refractivity contribution in [3.8, 4) is 0 Å². The summed E-state index contributed by atoms with van der Waals surface area (Å²) < 4.78 is 0.969. The summed E-state index contributed by atoms with van der Waals surface area (Å²) in [5.74, 6) is -0.194. The lowest BCUT2D eigenvalue weighted by atomic mass is 10.1. The van der Waals surface area contributed by atoms with Crippen molar-refractivity contribution in [3.63, 3.8) is 0 Å². The van der Waals surface area contributed by atoms with Crippen LogP contribution in [0, 0.1) is 6.92 Å². The molecule has 21 heavy (non-hydrogen) atoms. The molecule has 1 unspecified atom stereocenters. The third-order valence-electron chi connectivity index (χ3n) is 3.81. The molecule has 0 saturated carbocycles. The maximum Gasteiger partial charge on any atom is 0.251 e. The fourth-order valence-electron chi connectivity index (χ4n) is 2.52. The van der Waals surface area contributed by atoms with Crippen LogP contribution in [0.5, 0.6) is 0 Å². The van der Waals surface area contributed by atoms with Crippen LogP contribution < -0.4 is 5.32 Å². The molecule has 1 heterocycles. The first-order valence-corrected chi connectivity index (χ1v) is 8.14. The van der Waals surface area contributed by atoms with E-state index in [2.05, 4.69) is 21.2 Å². The van der Waals surface area contributed by atoms with E-state index in [1.54, 1.807) is 13.0 Å². The van der Waals surface area contributed by atoms with Crippen LogP contribution in [0.25, 0.3) is 0 Å². The Hall–Kier alpha value is -1.36. The molecule has 1 aromatic carbocycles. The van der Waals surface area contributed by atoms with E-state index in [0.29, 0.717) is 5.56 Å². The minimum atomic E-state index is -0.487. The highest BCUT2D eigenvalue weighted by Crippen LogP contribution is 2.17. The van der Waals surface area contributed by atoms with Gasteiger partial charge in [0, 0.05) is 23.1 Å². The van der Waals surface area contributed by atoms with Crippen LogP contribution >= 0.6 is 15.9 Å². The van der Waals surface area contributed by atoms with E-state index in [1.165, 1.54) is 6.42 Å². The zero-order valence-electron chi connectivity index (χ0n) is 12.5. The number of hydrogen-bond acceptors (Lipinski definition) is 2.